The van der Waals surface area contributed by atoms with Gasteiger partial charge in [0.15, 0.2) is 0 Å². The molecule has 0 radical (unpaired) electrons. The average molecular weight is 476 g/mol. The van der Waals surface area contributed by atoms with E-state index in [9.17, 15) is 28.4 Å². The minimum atomic E-state index is -4.35. The number of rotatable bonds is 7. The van der Waals surface area contributed by atoms with Crippen molar-refractivity contribution in [1.29, 1.82) is 0 Å². The summed E-state index contributed by atoms with van der Waals surface area (Å²) in [6.45, 7) is 3.34. The number of anilines is 1. The van der Waals surface area contributed by atoms with E-state index < -0.39 is 22.3 Å². The van der Waals surface area contributed by atoms with Crippen molar-refractivity contribution in [3.8, 4) is 0 Å². The molecule has 0 saturated carbocycles. The topological polar surface area (TPSA) is 87.7 Å². The molecule has 1 aliphatic heterocycles. The number of nitro groups is 1. The lowest BCUT2D eigenvalue weighted by Gasteiger charge is -2.40. The highest BCUT2D eigenvalue weighted by atomic mass is 35.5. The third-order valence-electron chi connectivity index (χ3n) is 5.65. The molecule has 1 aromatic heterocycles. The Morgan fingerprint density at radius 1 is 1.28 bits per heavy atom. The van der Waals surface area contributed by atoms with Crippen LogP contribution in [0.25, 0.3) is 0 Å². The Labute approximate surface area is 188 Å². The quantitative estimate of drug-likeness (QED) is 0.484. The van der Waals surface area contributed by atoms with Gasteiger partial charge in [0.2, 0.25) is 0 Å². The number of aliphatic hydroxyl groups is 1. The Morgan fingerprint density at radius 2 is 1.88 bits per heavy atom. The zero-order valence-corrected chi connectivity index (χ0v) is 18.5. The normalized spacial score (nSPS) is 17.6. The molecule has 0 aliphatic carbocycles. The third kappa shape index (κ3) is 5.90. The summed E-state index contributed by atoms with van der Waals surface area (Å²) in [7, 11) is 1.89. The first-order chi connectivity index (χ1) is 14.9. The average Bonchev–Trinajstić information content (AvgIpc) is 3.07. The lowest BCUT2D eigenvalue weighted by molar-refractivity contribution is -0.389. The van der Waals surface area contributed by atoms with Crippen molar-refractivity contribution in [2.45, 2.75) is 44.1 Å². The summed E-state index contributed by atoms with van der Waals surface area (Å²) in [6.07, 6.45) is -1.59. The lowest BCUT2D eigenvalue weighted by Crippen LogP contribution is -2.49. The summed E-state index contributed by atoms with van der Waals surface area (Å²) < 4.78 is 39.6. The molecule has 0 amide bonds. The second-order valence-electron chi connectivity index (χ2n) is 8.43. The highest BCUT2D eigenvalue weighted by Crippen LogP contribution is 2.31. The van der Waals surface area contributed by atoms with Crippen molar-refractivity contribution in [3.05, 3.63) is 51.4 Å². The molecule has 1 N–H and O–H groups in total. The van der Waals surface area contributed by atoms with Gasteiger partial charge in [-0.25, -0.2) is 0 Å². The Morgan fingerprint density at radius 3 is 2.38 bits per heavy atom. The van der Waals surface area contributed by atoms with E-state index in [1.54, 1.807) is 6.92 Å². The van der Waals surface area contributed by atoms with E-state index in [-0.39, 0.29) is 23.7 Å². The molecule has 176 valence electrons. The molecule has 1 aromatic carbocycles. The third-order valence-corrected chi connectivity index (χ3v) is 5.95. The van der Waals surface area contributed by atoms with Gasteiger partial charge in [-0.3, -0.25) is 4.57 Å². The van der Waals surface area contributed by atoms with E-state index in [1.165, 1.54) is 22.9 Å². The maximum atomic E-state index is 12.8. The molecule has 0 bridgehead atoms. The summed E-state index contributed by atoms with van der Waals surface area (Å²) in [5.41, 5.74) is -1.12. The van der Waals surface area contributed by atoms with Crippen molar-refractivity contribution in [3.63, 3.8) is 0 Å². The number of alkyl halides is 3. The van der Waals surface area contributed by atoms with Gasteiger partial charge in [-0.2, -0.15) is 13.2 Å². The van der Waals surface area contributed by atoms with Gasteiger partial charge in [-0.05, 0) is 72.6 Å². The summed E-state index contributed by atoms with van der Waals surface area (Å²) in [4.78, 5) is 17.9. The first-order valence-electron chi connectivity index (χ1n) is 10.1. The highest BCUT2D eigenvalue weighted by molar-refractivity contribution is 6.28. The summed E-state index contributed by atoms with van der Waals surface area (Å²) in [6, 6.07) is 5.35. The monoisotopic (exact) mass is 475 g/mol. The van der Waals surface area contributed by atoms with E-state index >= 15 is 0 Å². The van der Waals surface area contributed by atoms with Crippen LogP contribution in [0.15, 0.2) is 30.5 Å². The predicted molar refractivity (Wildman–Crippen MR) is 114 cm³/mol. The van der Waals surface area contributed by atoms with Crippen molar-refractivity contribution in [2.24, 2.45) is 0 Å². The van der Waals surface area contributed by atoms with Gasteiger partial charge in [-0.15, -0.1) is 0 Å². The largest absolute Gasteiger partial charge is 0.416 e. The Balaban J connectivity index is 1.54. The van der Waals surface area contributed by atoms with Gasteiger partial charge >= 0.3 is 17.3 Å². The standard InChI is InChI=1S/C20H25ClF3N5O3/c1-19(30,13-28-11-17(29(31)32)25-18(28)21)12-26(2)15-7-9-27(10-8-15)16-5-3-14(4-6-16)20(22,23)24/h3-6,11,15,30H,7-10,12-13H2,1-2H3/t19-/m0/s1. The molecular formula is C20H25ClF3N5O3. The minimum absolute atomic E-state index is 0.0431. The zero-order valence-electron chi connectivity index (χ0n) is 17.7. The van der Waals surface area contributed by atoms with Gasteiger partial charge < -0.3 is 25.0 Å². The fourth-order valence-corrected chi connectivity index (χ4v) is 4.28. The van der Waals surface area contributed by atoms with Crippen molar-refractivity contribution in [2.75, 3.05) is 31.6 Å². The summed E-state index contributed by atoms with van der Waals surface area (Å²) in [5, 5.41) is 21.6. The molecule has 2 heterocycles. The highest BCUT2D eigenvalue weighted by Gasteiger charge is 2.32. The number of benzene rings is 1. The van der Waals surface area contributed by atoms with Crippen LogP contribution in [0.1, 0.15) is 25.3 Å². The predicted octanol–water partition coefficient (Wildman–Crippen LogP) is 3.82. The molecule has 0 unspecified atom stereocenters. The molecule has 1 atom stereocenters. The van der Waals surface area contributed by atoms with Crippen LogP contribution in [0, 0.1) is 10.1 Å². The molecule has 12 heteroatoms. The first kappa shape index (κ1) is 24.3. The molecule has 8 nitrogen and oxygen atoms in total. The molecule has 3 rings (SSSR count). The Hall–Kier alpha value is -2.37. The van der Waals surface area contributed by atoms with E-state index in [0.717, 1.165) is 30.7 Å². The smallest absolute Gasteiger partial charge is 0.387 e. The van der Waals surface area contributed by atoms with Crippen molar-refractivity contribution in [1.82, 2.24) is 14.5 Å². The van der Waals surface area contributed by atoms with Gasteiger partial charge in [0, 0.05) is 31.4 Å². The lowest BCUT2D eigenvalue weighted by atomic mass is 9.99. The SMILES string of the molecule is CN(C[C@](C)(O)Cn1cc([N+](=O)[O-])nc1Cl)C1CCN(c2ccc(C(F)(F)F)cc2)CC1. The molecular weight excluding hydrogens is 451 g/mol. The minimum Gasteiger partial charge on any atom is -0.387 e. The molecule has 0 spiro atoms. The van der Waals surface area contributed by atoms with Crippen molar-refractivity contribution >= 4 is 23.1 Å². The van der Waals surface area contributed by atoms with Crippen LogP contribution in [0.3, 0.4) is 0 Å². The number of nitrogens with zero attached hydrogens (tertiary/aromatic N) is 5. The summed E-state index contributed by atoms with van der Waals surface area (Å²) in [5.74, 6) is -0.380. The molecule has 1 fully saturated rings. The van der Waals surface area contributed by atoms with Crippen LogP contribution in [-0.2, 0) is 12.7 Å². The van der Waals surface area contributed by atoms with E-state index in [1.807, 2.05) is 16.8 Å². The number of piperidine rings is 1. The number of likely N-dealkylation sites (N-methyl/N-ethyl adjacent to an activating group) is 1. The van der Waals surface area contributed by atoms with Crippen LogP contribution in [0.4, 0.5) is 24.7 Å². The molecule has 32 heavy (non-hydrogen) atoms. The summed E-state index contributed by atoms with van der Waals surface area (Å²) >= 11 is 5.94. The van der Waals surface area contributed by atoms with Crippen LogP contribution in [0.2, 0.25) is 5.28 Å². The van der Waals surface area contributed by atoms with Crippen LogP contribution >= 0.6 is 11.6 Å². The van der Waals surface area contributed by atoms with E-state index in [4.69, 9.17) is 11.6 Å². The molecule has 1 saturated heterocycles. The Bertz CT molecular complexity index is 941. The zero-order chi connectivity index (χ0) is 23.7. The first-order valence-corrected chi connectivity index (χ1v) is 10.5. The number of hydrogen-bond acceptors (Lipinski definition) is 6. The van der Waals surface area contributed by atoms with Gasteiger partial charge in [-0.1, -0.05) is 0 Å². The molecule has 1 aliphatic rings. The van der Waals surface area contributed by atoms with Gasteiger partial charge in [0.1, 0.15) is 6.20 Å². The van der Waals surface area contributed by atoms with Gasteiger partial charge in [0.05, 0.1) is 17.7 Å². The number of halogens is 4. The Kier molecular flexibility index (Phi) is 7.01. The van der Waals surface area contributed by atoms with Crippen LogP contribution in [-0.4, -0.2) is 62.8 Å². The molecule has 2 aromatic rings. The maximum absolute atomic E-state index is 12.8. The van der Waals surface area contributed by atoms with Crippen LogP contribution < -0.4 is 4.90 Å². The van der Waals surface area contributed by atoms with E-state index in [2.05, 4.69) is 4.98 Å². The fraction of sp³-hybridized carbons (Fsp3) is 0.550. The van der Waals surface area contributed by atoms with Crippen LogP contribution in [0.5, 0.6) is 0 Å². The number of imidazole rings is 1. The second kappa shape index (κ2) is 9.24. The van der Waals surface area contributed by atoms with Gasteiger partial charge in [0.25, 0.3) is 0 Å². The maximum Gasteiger partial charge on any atom is 0.416 e. The fourth-order valence-electron chi connectivity index (χ4n) is 4.09. The second-order valence-corrected chi connectivity index (χ2v) is 8.77. The number of hydrogen-bond donors (Lipinski definition) is 1. The number of aromatic nitrogens is 2. The van der Waals surface area contributed by atoms with E-state index in [0.29, 0.717) is 19.6 Å². The van der Waals surface area contributed by atoms with Crippen molar-refractivity contribution < 1.29 is 23.2 Å².